The topological polar surface area (TPSA) is 12.5 Å². The van der Waals surface area contributed by atoms with Gasteiger partial charge in [-0.05, 0) is 144 Å². The molecule has 0 amide bonds. The van der Waals surface area contributed by atoms with Crippen molar-refractivity contribution >= 4 is 39.6 Å². The Bertz CT molecular complexity index is 3650. The van der Waals surface area contributed by atoms with Gasteiger partial charge in [-0.3, -0.25) is 0 Å². The van der Waals surface area contributed by atoms with Crippen LogP contribution in [-0.2, 0) is 10.8 Å². The van der Waals surface area contributed by atoms with Gasteiger partial charge in [-0.2, -0.15) is 0 Å². The number of ether oxygens (including phenoxy) is 1. The molecule has 0 saturated carbocycles. The van der Waals surface area contributed by atoms with Crippen molar-refractivity contribution in [3.8, 4) is 44.9 Å². The average Bonchev–Trinajstić information content (AvgIpc) is 3.86. The fraction of sp³-hybridized carbons (Fsp3) is 0.0303. The van der Waals surface area contributed by atoms with E-state index in [0.717, 1.165) is 28.6 Å². The van der Waals surface area contributed by atoms with Gasteiger partial charge >= 0.3 is 0 Å². The molecule has 3 heteroatoms. The van der Waals surface area contributed by atoms with Crippen LogP contribution in [0.4, 0.5) is 17.1 Å². The van der Waals surface area contributed by atoms with E-state index in [1.54, 1.807) is 0 Å². The molecule has 69 heavy (non-hydrogen) atoms. The Morgan fingerprint density at radius 1 is 0.290 bits per heavy atom. The van der Waals surface area contributed by atoms with Crippen molar-refractivity contribution in [3.63, 3.8) is 0 Å². The Kier molecular flexibility index (Phi) is 8.17. The minimum Gasteiger partial charge on any atom is -0.457 e. The number of hydrogen-bond donors (Lipinski definition) is 0. The molecule has 0 aromatic heterocycles. The molecule has 0 atom stereocenters. The first-order valence-corrected chi connectivity index (χ1v) is 24.6. The molecule has 0 saturated heterocycles. The highest BCUT2D eigenvalue weighted by Gasteiger charge is 2.52. The number of fused-ring (bicyclic) bond motifs is 19. The van der Waals surface area contributed by atoms with E-state index in [1.165, 1.54) is 98.5 Å². The van der Waals surface area contributed by atoms with Crippen molar-refractivity contribution in [2.24, 2.45) is 0 Å². The van der Waals surface area contributed by atoms with Crippen molar-refractivity contribution in [2.45, 2.75) is 20.6 Å². The zero-order valence-electron chi connectivity index (χ0n) is 37.4. The lowest BCUT2D eigenvalue weighted by atomic mass is 9.66. The first-order valence-electron chi connectivity index (χ1n) is 23.8. The zero-order chi connectivity index (χ0) is 45.3. The van der Waals surface area contributed by atoms with Crippen molar-refractivity contribution in [1.82, 2.24) is 0 Å². The molecule has 2 aliphatic carbocycles. The fourth-order valence-electron chi connectivity index (χ4n) is 12.6. The molecule has 15 rings (SSSR count). The Labute approximate surface area is 405 Å². The third kappa shape index (κ3) is 5.28. The van der Waals surface area contributed by atoms with Gasteiger partial charge in [0.05, 0.1) is 10.8 Å². The molecule has 11 aromatic rings. The van der Waals surface area contributed by atoms with Crippen LogP contribution in [0, 0.1) is 0 Å². The maximum atomic E-state index is 6.67. The van der Waals surface area contributed by atoms with Gasteiger partial charge in [0, 0.05) is 38.0 Å². The van der Waals surface area contributed by atoms with Crippen LogP contribution in [-0.4, -0.2) is 0 Å². The maximum absolute atomic E-state index is 6.67. The van der Waals surface area contributed by atoms with Gasteiger partial charge in [0.1, 0.15) is 11.5 Å². The number of hydrogen-bond acceptors (Lipinski definition) is 3. The van der Waals surface area contributed by atoms with Crippen LogP contribution in [0.5, 0.6) is 11.5 Å². The minimum absolute atomic E-state index is 0.447. The second-order valence-electron chi connectivity index (χ2n) is 18.7. The van der Waals surface area contributed by atoms with Crippen LogP contribution in [0.2, 0.25) is 0 Å². The summed E-state index contributed by atoms with van der Waals surface area (Å²) in [6, 6.07) is 92.3. The summed E-state index contributed by atoms with van der Waals surface area (Å²) in [6.45, 7) is 0. The van der Waals surface area contributed by atoms with Gasteiger partial charge in [-0.25, -0.2) is 0 Å². The number of anilines is 3. The Morgan fingerprint density at radius 3 is 1.29 bits per heavy atom. The predicted molar refractivity (Wildman–Crippen MR) is 283 cm³/mol. The summed E-state index contributed by atoms with van der Waals surface area (Å²) < 4.78 is 6.67. The highest BCUT2D eigenvalue weighted by atomic mass is 32.2. The third-order valence-corrected chi connectivity index (χ3v) is 16.5. The van der Waals surface area contributed by atoms with E-state index in [0.29, 0.717) is 0 Å². The summed E-state index contributed by atoms with van der Waals surface area (Å²) >= 11 is 1.89. The normalized spacial score (nSPS) is 14.4. The van der Waals surface area contributed by atoms with Crippen molar-refractivity contribution in [2.75, 3.05) is 4.90 Å². The van der Waals surface area contributed by atoms with Crippen LogP contribution in [0.3, 0.4) is 0 Å². The minimum atomic E-state index is -0.543. The van der Waals surface area contributed by atoms with E-state index in [-0.39, 0.29) is 0 Å². The van der Waals surface area contributed by atoms with Crippen molar-refractivity contribution in [1.29, 1.82) is 0 Å². The van der Waals surface area contributed by atoms with Gasteiger partial charge < -0.3 is 9.64 Å². The lowest BCUT2D eigenvalue weighted by Gasteiger charge is -2.39. The average molecular weight is 896 g/mol. The monoisotopic (exact) mass is 895 g/mol. The molecule has 0 N–H and O–H groups in total. The molecule has 322 valence electrons. The molecule has 4 aliphatic rings. The van der Waals surface area contributed by atoms with E-state index >= 15 is 0 Å². The lowest BCUT2D eigenvalue weighted by Crippen LogP contribution is -2.32. The molecule has 2 heterocycles. The summed E-state index contributed by atoms with van der Waals surface area (Å²) in [5, 5.41) is 2.49. The van der Waals surface area contributed by atoms with E-state index < -0.39 is 10.8 Å². The largest absolute Gasteiger partial charge is 0.457 e. The molecule has 2 nitrogen and oxygen atoms in total. The Balaban J connectivity index is 0.956. The Morgan fingerprint density at radius 2 is 0.710 bits per heavy atom. The van der Waals surface area contributed by atoms with Gasteiger partial charge in [-0.1, -0.05) is 194 Å². The van der Waals surface area contributed by atoms with Crippen LogP contribution < -0.4 is 9.64 Å². The summed E-state index contributed by atoms with van der Waals surface area (Å²) in [7, 11) is 0. The van der Waals surface area contributed by atoms with E-state index in [4.69, 9.17) is 4.74 Å². The second-order valence-corrected chi connectivity index (χ2v) is 19.8. The highest BCUT2D eigenvalue weighted by molar-refractivity contribution is 7.99. The fourth-order valence-corrected chi connectivity index (χ4v) is 13.8. The summed E-state index contributed by atoms with van der Waals surface area (Å²) in [6.07, 6.45) is 0. The van der Waals surface area contributed by atoms with Crippen LogP contribution in [0.1, 0.15) is 44.5 Å². The summed E-state index contributed by atoms with van der Waals surface area (Å²) in [5.74, 6) is 1.79. The summed E-state index contributed by atoms with van der Waals surface area (Å²) in [4.78, 5) is 5.08. The van der Waals surface area contributed by atoms with Gasteiger partial charge in [0.2, 0.25) is 0 Å². The van der Waals surface area contributed by atoms with Crippen LogP contribution in [0.15, 0.2) is 259 Å². The number of benzene rings is 11. The molecule has 0 fully saturated rings. The van der Waals surface area contributed by atoms with E-state index in [2.05, 4.69) is 254 Å². The number of para-hydroxylation sites is 2. The SMILES string of the molecule is c1ccc2c(c1)Oc1ccccc1C21c2ccccc2-c2cc(N(c3ccc(-c4ccc5ccccc5c4)cc3)c3ccc4c(c3)-c3ccccc3C43c4ccccc4Sc4ccccc43)ccc21. The third-order valence-electron chi connectivity index (χ3n) is 15.4. The van der Waals surface area contributed by atoms with Gasteiger partial charge in [0.25, 0.3) is 0 Å². The van der Waals surface area contributed by atoms with Gasteiger partial charge in [0.15, 0.2) is 0 Å². The second kappa shape index (κ2) is 14.6. The Hall–Kier alpha value is -8.37. The molecule has 11 aromatic carbocycles. The van der Waals surface area contributed by atoms with Crippen molar-refractivity contribution < 1.29 is 4.74 Å². The highest BCUT2D eigenvalue weighted by Crippen LogP contribution is 2.64. The molecular weight excluding hydrogens is 855 g/mol. The molecule has 0 unspecified atom stereocenters. The van der Waals surface area contributed by atoms with Crippen molar-refractivity contribution in [3.05, 3.63) is 293 Å². The molecule has 0 radical (unpaired) electrons. The summed E-state index contributed by atoms with van der Waals surface area (Å²) in [5.41, 5.74) is 19.9. The number of rotatable bonds is 4. The quantitative estimate of drug-likeness (QED) is 0.175. The smallest absolute Gasteiger partial charge is 0.132 e. The predicted octanol–water partition coefficient (Wildman–Crippen LogP) is 17.3. The molecule has 2 aliphatic heterocycles. The zero-order valence-corrected chi connectivity index (χ0v) is 38.3. The lowest BCUT2D eigenvalue weighted by molar-refractivity contribution is 0.436. The van der Waals surface area contributed by atoms with Gasteiger partial charge in [-0.15, -0.1) is 0 Å². The van der Waals surface area contributed by atoms with Crippen LogP contribution in [0.25, 0.3) is 44.2 Å². The first kappa shape index (κ1) is 38.7. The van der Waals surface area contributed by atoms with E-state index in [9.17, 15) is 0 Å². The molecular formula is C66H41NOS. The van der Waals surface area contributed by atoms with E-state index in [1.807, 2.05) is 11.8 Å². The maximum Gasteiger partial charge on any atom is 0.132 e. The standard InChI is InChI=1S/C66H41NOS/c1-2-16-44-39-45(30-29-42(44)15-1)43-31-33-46(34-32-43)67(47-35-37-55-51(40-47)49-17-3-5-19-53(49)65(55)57-21-7-11-25-61(57)68-62-26-12-8-22-58(62)65)48-36-38-56-52(41-48)50-18-4-6-20-54(50)66(56)59-23-9-13-27-63(59)69-64-28-14-10-24-60(64)66/h1-41H. The number of nitrogens with zero attached hydrogens (tertiary/aromatic N) is 1. The molecule has 0 bridgehead atoms. The first-order chi connectivity index (χ1) is 34.2. The van der Waals surface area contributed by atoms with Crippen LogP contribution >= 0.6 is 11.8 Å². The molecule has 2 spiro atoms.